The van der Waals surface area contributed by atoms with Gasteiger partial charge in [-0.3, -0.25) is 14.4 Å². The lowest BCUT2D eigenvalue weighted by molar-refractivity contribution is -0.166. The summed E-state index contributed by atoms with van der Waals surface area (Å²) in [6.07, 6.45) is 73.3. The SMILES string of the molecule is CC/C=C/C/C=C/C/C=C/C/C=C/C/C=C/C/C=C/CCC(=O)OC[C@@H](COC(=O)CCCCCCCCCCCCCCCC)OC(=O)CCCCCCCCCCCCCCCCCCCC. The maximum atomic E-state index is 12.9. The minimum Gasteiger partial charge on any atom is -0.462 e. The van der Waals surface area contributed by atoms with E-state index in [-0.39, 0.29) is 37.5 Å². The fourth-order valence-electron chi connectivity index (χ4n) is 8.35. The minimum absolute atomic E-state index is 0.0945. The number of hydrogen-bond donors (Lipinski definition) is 0. The van der Waals surface area contributed by atoms with Crippen LogP contribution in [0.3, 0.4) is 0 Å². The fourth-order valence-corrected chi connectivity index (χ4v) is 8.35. The molecule has 6 nitrogen and oxygen atoms in total. The highest BCUT2D eigenvalue weighted by Gasteiger charge is 2.19. The molecule has 69 heavy (non-hydrogen) atoms. The molecule has 0 bridgehead atoms. The molecule has 0 unspecified atom stereocenters. The summed E-state index contributed by atoms with van der Waals surface area (Å²) in [6, 6.07) is 0. The maximum absolute atomic E-state index is 12.9. The average Bonchev–Trinajstić information content (AvgIpc) is 3.35. The molecule has 6 heteroatoms. The lowest BCUT2D eigenvalue weighted by atomic mass is 10.0. The van der Waals surface area contributed by atoms with Gasteiger partial charge in [0.15, 0.2) is 6.10 Å². The van der Waals surface area contributed by atoms with Crippen LogP contribution in [0.25, 0.3) is 0 Å². The first-order valence-corrected chi connectivity index (χ1v) is 29.4. The van der Waals surface area contributed by atoms with Crippen LogP contribution < -0.4 is 0 Å². The van der Waals surface area contributed by atoms with Crippen molar-refractivity contribution in [2.24, 2.45) is 0 Å². The summed E-state index contributed by atoms with van der Waals surface area (Å²) < 4.78 is 16.8. The molecule has 0 aliphatic heterocycles. The van der Waals surface area contributed by atoms with Crippen LogP contribution in [-0.4, -0.2) is 37.2 Å². The van der Waals surface area contributed by atoms with Crippen molar-refractivity contribution in [1.29, 1.82) is 0 Å². The Labute approximate surface area is 427 Å². The molecule has 0 N–H and O–H groups in total. The lowest BCUT2D eigenvalue weighted by Crippen LogP contribution is -2.30. The van der Waals surface area contributed by atoms with E-state index in [1.165, 1.54) is 167 Å². The Bertz CT molecular complexity index is 1290. The van der Waals surface area contributed by atoms with E-state index in [1.807, 2.05) is 6.08 Å². The molecule has 0 fully saturated rings. The monoisotopic (exact) mass is 963 g/mol. The predicted molar refractivity (Wildman–Crippen MR) is 298 cm³/mol. The summed E-state index contributed by atoms with van der Waals surface area (Å²) in [5.74, 6) is -0.969. The molecule has 0 aliphatic carbocycles. The first-order chi connectivity index (χ1) is 34.0. The van der Waals surface area contributed by atoms with E-state index in [1.54, 1.807) is 0 Å². The molecule has 0 aliphatic rings. The summed E-state index contributed by atoms with van der Waals surface area (Å²) >= 11 is 0. The number of ether oxygens (including phenoxy) is 3. The third-order valence-electron chi connectivity index (χ3n) is 12.7. The van der Waals surface area contributed by atoms with Gasteiger partial charge in [0.25, 0.3) is 0 Å². The van der Waals surface area contributed by atoms with Crippen LogP contribution in [0, 0.1) is 0 Å². The van der Waals surface area contributed by atoms with Crippen LogP contribution >= 0.6 is 0 Å². The average molecular weight is 964 g/mol. The summed E-state index contributed by atoms with van der Waals surface area (Å²) in [5, 5.41) is 0. The predicted octanol–water partition coefficient (Wildman–Crippen LogP) is 19.8. The van der Waals surface area contributed by atoms with Crippen LogP contribution in [0.1, 0.15) is 290 Å². The van der Waals surface area contributed by atoms with Crippen LogP contribution in [0.4, 0.5) is 0 Å². The number of esters is 3. The van der Waals surface area contributed by atoms with E-state index < -0.39 is 6.10 Å². The third kappa shape index (κ3) is 55.6. The Morgan fingerprint density at radius 3 is 0.884 bits per heavy atom. The first kappa shape index (κ1) is 65.8. The van der Waals surface area contributed by atoms with Gasteiger partial charge in [-0.2, -0.15) is 0 Å². The molecule has 0 amide bonds. The number of allylic oxidation sites excluding steroid dienone is 12. The van der Waals surface area contributed by atoms with Crippen molar-refractivity contribution in [2.45, 2.75) is 297 Å². The number of carbonyl (C=O) groups is 3. The molecule has 0 aromatic carbocycles. The second kappa shape index (κ2) is 57.4. The van der Waals surface area contributed by atoms with Gasteiger partial charge in [-0.25, -0.2) is 0 Å². The van der Waals surface area contributed by atoms with Gasteiger partial charge in [0.05, 0.1) is 0 Å². The standard InChI is InChI=1S/C63H110O6/c1-4-7-10-13-16-19-22-25-28-30-32-34-35-38-41-44-47-50-53-56-62(65)68-59-60(58-67-61(64)55-52-49-46-43-40-37-27-24-21-18-15-12-9-6-3)69-63(66)57-54-51-48-45-42-39-36-33-31-29-26-23-20-17-14-11-8-5-2/h7,10,16,19,25,28,32,34,38,41,47,50,60H,4-6,8-9,11-15,17-18,20-24,26-27,29-31,33,35-37,39-40,42-46,48-49,51-59H2,1-3H3/b10-7+,19-16+,28-25+,34-32+,41-38+,50-47+/t60-/m1/s1. The number of rotatable bonds is 53. The van der Waals surface area contributed by atoms with E-state index in [0.717, 1.165) is 77.0 Å². The van der Waals surface area contributed by atoms with Gasteiger partial charge < -0.3 is 14.2 Å². The van der Waals surface area contributed by atoms with Crippen molar-refractivity contribution in [3.63, 3.8) is 0 Å². The van der Waals surface area contributed by atoms with Crippen molar-refractivity contribution in [1.82, 2.24) is 0 Å². The maximum Gasteiger partial charge on any atom is 0.306 e. The van der Waals surface area contributed by atoms with Crippen LogP contribution in [0.2, 0.25) is 0 Å². The Hall–Kier alpha value is -3.15. The minimum atomic E-state index is -0.803. The van der Waals surface area contributed by atoms with E-state index in [4.69, 9.17) is 14.2 Å². The van der Waals surface area contributed by atoms with Gasteiger partial charge >= 0.3 is 17.9 Å². The molecule has 0 saturated carbocycles. The van der Waals surface area contributed by atoms with Crippen molar-refractivity contribution >= 4 is 17.9 Å². The molecule has 0 saturated heterocycles. The van der Waals surface area contributed by atoms with Crippen molar-refractivity contribution in [2.75, 3.05) is 13.2 Å². The second-order valence-electron chi connectivity index (χ2n) is 19.5. The number of hydrogen-bond acceptors (Lipinski definition) is 6. The molecule has 0 heterocycles. The third-order valence-corrected chi connectivity index (χ3v) is 12.7. The molecule has 0 spiro atoms. The fraction of sp³-hybridized carbons (Fsp3) is 0.762. The number of unbranched alkanes of at least 4 members (excludes halogenated alkanes) is 30. The molecular weight excluding hydrogens is 853 g/mol. The second-order valence-corrected chi connectivity index (χ2v) is 19.5. The first-order valence-electron chi connectivity index (χ1n) is 29.4. The molecule has 0 radical (unpaired) electrons. The van der Waals surface area contributed by atoms with E-state index >= 15 is 0 Å². The molecular formula is C63H110O6. The zero-order chi connectivity index (χ0) is 50.0. The Balaban J connectivity index is 4.45. The lowest BCUT2D eigenvalue weighted by Gasteiger charge is -2.18. The Morgan fingerprint density at radius 2 is 0.565 bits per heavy atom. The van der Waals surface area contributed by atoms with Crippen molar-refractivity contribution in [3.8, 4) is 0 Å². The van der Waals surface area contributed by atoms with Gasteiger partial charge in [0.1, 0.15) is 13.2 Å². The van der Waals surface area contributed by atoms with Gasteiger partial charge in [-0.15, -0.1) is 0 Å². The Kier molecular flexibility index (Phi) is 54.8. The molecule has 0 aromatic rings. The van der Waals surface area contributed by atoms with Crippen LogP contribution in [0.5, 0.6) is 0 Å². The van der Waals surface area contributed by atoms with Gasteiger partial charge in [0, 0.05) is 19.3 Å². The normalized spacial score (nSPS) is 12.6. The van der Waals surface area contributed by atoms with Crippen molar-refractivity contribution < 1.29 is 28.6 Å². The molecule has 0 rings (SSSR count). The van der Waals surface area contributed by atoms with Crippen LogP contribution in [-0.2, 0) is 28.6 Å². The van der Waals surface area contributed by atoms with E-state index in [9.17, 15) is 14.4 Å². The smallest absolute Gasteiger partial charge is 0.306 e. The zero-order valence-electron chi connectivity index (χ0n) is 45.6. The van der Waals surface area contributed by atoms with Crippen molar-refractivity contribution in [3.05, 3.63) is 72.9 Å². The van der Waals surface area contributed by atoms with Crippen LogP contribution in [0.15, 0.2) is 72.9 Å². The highest BCUT2D eigenvalue weighted by molar-refractivity contribution is 5.71. The Morgan fingerprint density at radius 1 is 0.304 bits per heavy atom. The highest BCUT2D eigenvalue weighted by Crippen LogP contribution is 2.17. The topological polar surface area (TPSA) is 78.9 Å². The zero-order valence-corrected chi connectivity index (χ0v) is 45.6. The van der Waals surface area contributed by atoms with Gasteiger partial charge in [-0.05, 0) is 57.8 Å². The van der Waals surface area contributed by atoms with E-state index in [0.29, 0.717) is 19.3 Å². The number of carbonyl (C=O) groups excluding carboxylic acids is 3. The van der Waals surface area contributed by atoms with Gasteiger partial charge in [0.2, 0.25) is 0 Å². The summed E-state index contributed by atoms with van der Waals surface area (Å²) in [5.41, 5.74) is 0. The highest BCUT2D eigenvalue weighted by atomic mass is 16.6. The largest absolute Gasteiger partial charge is 0.462 e. The van der Waals surface area contributed by atoms with E-state index in [2.05, 4.69) is 87.6 Å². The quantitative estimate of drug-likeness (QED) is 0.0262. The van der Waals surface area contributed by atoms with Gasteiger partial charge in [-0.1, -0.05) is 286 Å². The molecule has 398 valence electrons. The molecule has 1 atom stereocenters. The summed E-state index contributed by atoms with van der Waals surface area (Å²) in [7, 11) is 0. The summed E-state index contributed by atoms with van der Waals surface area (Å²) in [6.45, 7) is 6.50. The summed E-state index contributed by atoms with van der Waals surface area (Å²) in [4.78, 5) is 38.1. The molecule has 0 aromatic heterocycles.